The van der Waals surface area contributed by atoms with Crippen molar-refractivity contribution in [1.29, 1.82) is 0 Å². The number of benzene rings is 1. The smallest absolute Gasteiger partial charge is 0.260 e. The molecule has 1 heterocycles. The molecule has 2 rings (SSSR count). The molecule has 1 aliphatic rings. The zero-order valence-corrected chi connectivity index (χ0v) is 11.0. The number of hydrogen-bond donors (Lipinski definition) is 0. The van der Waals surface area contributed by atoms with Gasteiger partial charge in [-0.05, 0) is 18.6 Å². The summed E-state index contributed by atoms with van der Waals surface area (Å²) in [5.74, 6) is -0.553. The Morgan fingerprint density at radius 2 is 2.35 bits per heavy atom. The Morgan fingerprint density at radius 1 is 1.59 bits per heavy atom. The summed E-state index contributed by atoms with van der Waals surface area (Å²) in [5, 5.41) is 0. The van der Waals surface area contributed by atoms with Gasteiger partial charge in [0.25, 0.3) is 5.91 Å². The van der Waals surface area contributed by atoms with Crippen molar-refractivity contribution < 1.29 is 13.9 Å². The van der Waals surface area contributed by atoms with Gasteiger partial charge in [-0.25, -0.2) is 4.39 Å². The van der Waals surface area contributed by atoms with Crippen LogP contribution in [0.25, 0.3) is 0 Å². The van der Waals surface area contributed by atoms with Crippen molar-refractivity contribution >= 4 is 21.8 Å². The number of nitrogens with zero attached hydrogens (tertiary/aromatic N) is 1. The first kappa shape index (κ1) is 12.4. The average molecular weight is 302 g/mol. The van der Waals surface area contributed by atoms with Crippen LogP contribution in [0.3, 0.4) is 0 Å². The maximum absolute atomic E-state index is 13.7. The second kappa shape index (κ2) is 5.04. The van der Waals surface area contributed by atoms with Gasteiger partial charge in [-0.3, -0.25) is 4.79 Å². The Bertz CT molecular complexity index is 439. The highest BCUT2D eigenvalue weighted by molar-refractivity contribution is 9.09. The first-order valence-corrected chi connectivity index (χ1v) is 6.31. The number of hydrogen-bond acceptors (Lipinski definition) is 2. The second-order valence-corrected chi connectivity index (χ2v) is 5.25. The van der Waals surface area contributed by atoms with Gasteiger partial charge >= 0.3 is 0 Å². The first-order valence-electron chi connectivity index (χ1n) is 5.39. The fourth-order valence-electron chi connectivity index (χ4n) is 1.94. The third-order valence-electron chi connectivity index (χ3n) is 2.83. The van der Waals surface area contributed by atoms with Crippen LogP contribution in [-0.4, -0.2) is 35.8 Å². The van der Waals surface area contributed by atoms with E-state index in [1.165, 1.54) is 19.2 Å². The molecule has 0 bridgehead atoms. The van der Waals surface area contributed by atoms with Crippen molar-refractivity contribution in [3.8, 4) is 5.75 Å². The van der Waals surface area contributed by atoms with E-state index in [1.807, 2.05) is 0 Å². The molecule has 0 N–H and O–H groups in total. The standard InChI is InChI=1S/C12H13BrFNO2/c1-17-10-4-2-3-9(14)11(10)12(16)15-6-5-8(13)7-15/h2-4,8H,5-7H2,1H3. The van der Waals surface area contributed by atoms with Crippen molar-refractivity contribution in [3.63, 3.8) is 0 Å². The van der Waals surface area contributed by atoms with E-state index in [0.29, 0.717) is 17.9 Å². The lowest BCUT2D eigenvalue weighted by Gasteiger charge is -2.17. The number of likely N-dealkylation sites (tertiary alicyclic amines) is 1. The lowest BCUT2D eigenvalue weighted by atomic mass is 10.1. The monoisotopic (exact) mass is 301 g/mol. The third kappa shape index (κ3) is 2.44. The fourth-order valence-corrected chi connectivity index (χ4v) is 2.50. The minimum absolute atomic E-state index is 0.0246. The molecule has 0 saturated carbocycles. The van der Waals surface area contributed by atoms with Crippen LogP contribution in [0.15, 0.2) is 18.2 Å². The van der Waals surface area contributed by atoms with Gasteiger partial charge in [0.15, 0.2) is 0 Å². The molecule has 1 amide bonds. The highest BCUT2D eigenvalue weighted by Crippen LogP contribution is 2.26. The quantitative estimate of drug-likeness (QED) is 0.785. The molecule has 1 saturated heterocycles. The molecule has 1 aliphatic heterocycles. The highest BCUT2D eigenvalue weighted by Gasteiger charge is 2.28. The van der Waals surface area contributed by atoms with Crippen LogP contribution >= 0.6 is 15.9 Å². The summed E-state index contributed by atoms with van der Waals surface area (Å²) in [6.07, 6.45) is 0.891. The maximum atomic E-state index is 13.7. The van der Waals surface area contributed by atoms with Crippen LogP contribution in [0.5, 0.6) is 5.75 Å². The topological polar surface area (TPSA) is 29.5 Å². The van der Waals surface area contributed by atoms with Gasteiger partial charge in [0, 0.05) is 17.9 Å². The number of alkyl halides is 1. The summed E-state index contributed by atoms with van der Waals surface area (Å²) in [6.45, 7) is 1.25. The van der Waals surface area contributed by atoms with Gasteiger partial charge in [0.2, 0.25) is 0 Å². The molecule has 0 radical (unpaired) electrons. The van der Waals surface area contributed by atoms with E-state index in [1.54, 1.807) is 11.0 Å². The predicted octanol–water partition coefficient (Wildman–Crippen LogP) is 2.44. The van der Waals surface area contributed by atoms with Gasteiger partial charge in [0.05, 0.1) is 7.11 Å². The van der Waals surface area contributed by atoms with Crippen LogP contribution in [0.2, 0.25) is 0 Å². The average Bonchev–Trinajstić information content (AvgIpc) is 2.74. The summed E-state index contributed by atoms with van der Waals surface area (Å²) in [4.78, 5) is 14.1. The number of halogens is 2. The number of amides is 1. The molecule has 92 valence electrons. The van der Waals surface area contributed by atoms with E-state index in [0.717, 1.165) is 6.42 Å². The maximum Gasteiger partial charge on any atom is 0.260 e. The summed E-state index contributed by atoms with van der Waals surface area (Å²) in [6, 6.07) is 4.40. The summed E-state index contributed by atoms with van der Waals surface area (Å²) < 4.78 is 18.7. The highest BCUT2D eigenvalue weighted by atomic mass is 79.9. The van der Waals surface area contributed by atoms with Crippen molar-refractivity contribution in [2.24, 2.45) is 0 Å². The Kier molecular flexibility index (Phi) is 3.66. The van der Waals surface area contributed by atoms with E-state index < -0.39 is 5.82 Å². The molecule has 0 aliphatic carbocycles. The van der Waals surface area contributed by atoms with Crippen LogP contribution in [0.4, 0.5) is 4.39 Å². The van der Waals surface area contributed by atoms with Crippen LogP contribution in [0.1, 0.15) is 16.8 Å². The number of ether oxygens (including phenoxy) is 1. The number of carbonyl (C=O) groups excluding carboxylic acids is 1. The molecule has 1 aromatic carbocycles. The third-order valence-corrected chi connectivity index (χ3v) is 3.57. The first-order chi connectivity index (χ1) is 8.13. The van der Waals surface area contributed by atoms with Crippen LogP contribution in [0, 0.1) is 5.82 Å². The number of methoxy groups -OCH3 is 1. The summed E-state index contributed by atoms with van der Waals surface area (Å²) in [7, 11) is 1.43. The molecule has 1 fully saturated rings. The predicted molar refractivity (Wildman–Crippen MR) is 66.2 cm³/mol. The minimum Gasteiger partial charge on any atom is -0.496 e. The van der Waals surface area contributed by atoms with Crippen molar-refractivity contribution in [1.82, 2.24) is 4.90 Å². The summed E-state index contributed by atoms with van der Waals surface area (Å²) in [5.41, 5.74) is 0.0246. The fraction of sp³-hybridized carbons (Fsp3) is 0.417. The van der Waals surface area contributed by atoms with Crippen molar-refractivity contribution in [3.05, 3.63) is 29.6 Å². The molecule has 3 nitrogen and oxygen atoms in total. The SMILES string of the molecule is COc1cccc(F)c1C(=O)N1CCC(Br)C1. The Labute approximate surface area is 108 Å². The molecular formula is C12H13BrFNO2. The number of rotatable bonds is 2. The van der Waals surface area contributed by atoms with Gasteiger partial charge in [-0.2, -0.15) is 0 Å². The minimum atomic E-state index is -0.535. The Balaban J connectivity index is 2.30. The zero-order valence-electron chi connectivity index (χ0n) is 9.45. The van der Waals surface area contributed by atoms with E-state index in [9.17, 15) is 9.18 Å². The van der Waals surface area contributed by atoms with E-state index in [-0.39, 0.29) is 17.2 Å². The normalized spacial score (nSPS) is 19.5. The molecular weight excluding hydrogens is 289 g/mol. The lowest BCUT2D eigenvalue weighted by Crippen LogP contribution is -2.29. The van der Waals surface area contributed by atoms with E-state index >= 15 is 0 Å². The van der Waals surface area contributed by atoms with E-state index in [2.05, 4.69) is 15.9 Å². The molecule has 1 unspecified atom stereocenters. The van der Waals surface area contributed by atoms with Crippen molar-refractivity contribution in [2.45, 2.75) is 11.2 Å². The molecule has 5 heteroatoms. The molecule has 0 spiro atoms. The van der Waals surface area contributed by atoms with Gasteiger partial charge in [-0.1, -0.05) is 22.0 Å². The van der Waals surface area contributed by atoms with Crippen LogP contribution in [-0.2, 0) is 0 Å². The number of carbonyl (C=O) groups is 1. The lowest BCUT2D eigenvalue weighted by molar-refractivity contribution is 0.0785. The molecule has 0 aromatic heterocycles. The van der Waals surface area contributed by atoms with Crippen molar-refractivity contribution in [2.75, 3.05) is 20.2 Å². The molecule has 1 atom stereocenters. The zero-order chi connectivity index (χ0) is 12.4. The van der Waals surface area contributed by atoms with Gasteiger partial charge < -0.3 is 9.64 Å². The largest absolute Gasteiger partial charge is 0.496 e. The summed E-state index contributed by atoms with van der Waals surface area (Å²) >= 11 is 3.45. The Morgan fingerprint density at radius 3 is 2.94 bits per heavy atom. The van der Waals surface area contributed by atoms with Crippen LogP contribution < -0.4 is 4.74 Å². The van der Waals surface area contributed by atoms with Gasteiger partial charge in [0.1, 0.15) is 17.1 Å². The Hall–Kier alpha value is -1.10. The second-order valence-electron chi connectivity index (χ2n) is 3.95. The van der Waals surface area contributed by atoms with Gasteiger partial charge in [-0.15, -0.1) is 0 Å². The van der Waals surface area contributed by atoms with E-state index in [4.69, 9.17) is 4.74 Å². The molecule has 1 aromatic rings. The molecule has 17 heavy (non-hydrogen) atoms.